The minimum Gasteiger partial charge on any atom is -0.340 e. The van der Waals surface area contributed by atoms with Crippen LogP contribution in [0.2, 0.25) is 0 Å². The fourth-order valence-electron chi connectivity index (χ4n) is 2.06. The van der Waals surface area contributed by atoms with Crippen molar-refractivity contribution in [3.05, 3.63) is 84.1 Å². The minimum atomic E-state index is -0.402. The van der Waals surface area contributed by atoms with Crippen LogP contribution in [-0.2, 0) is 0 Å². The first-order chi connectivity index (χ1) is 11.6. The summed E-state index contributed by atoms with van der Waals surface area (Å²) in [6.07, 6.45) is 1.48. The number of anilines is 3. The quantitative estimate of drug-likeness (QED) is 0.749. The molecule has 0 fully saturated rings. The van der Waals surface area contributed by atoms with Gasteiger partial charge in [-0.2, -0.15) is 0 Å². The van der Waals surface area contributed by atoms with Crippen molar-refractivity contribution in [2.45, 2.75) is 0 Å². The summed E-state index contributed by atoms with van der Waals surface area (Å²) in [6.45, 7) is 0. The first-order valence-corrected chi connectivity index (χ1v) is 7.16. The molecular weight excluding hydrogens is 312 g/mol. The zero-order chi connectivity index (χ0) is 16.9. The summed E-state index contributed by atoms with van der Waals surface area (Å²) in [4.78, 5) is 16.2. The average Bonchev–Trinajstić information content (AvgIpc) is 2.57. The molecule has 24 heavy (non-hydrogen) atoms. The lowest BCUT2D eigenvalue weighted by molar-refractivity contribution is 0.102. The fourth-order valence-corrected chi connectivity index (χ4v) is 2.06. The van der Waals surface area contributed by atoms with Gasteiger partial charge in [0.1, 0.15) is 17.5 Å². The van der Waals surface area contributed by atoms with Crippen LogP contribution in [0.5, 0.6) is 0 Å². The van der Waals surface area contributed by atoms with Crippen molar-refractivity contribution in [3.63, 3.8) is 0 Å². The highest BCUT2D eigenvalue weighted by Gasteiger charge is 2.06. The number of amides is 1. The molecule has 0 spiro atoms. The second-order valence-corrected chi connectivity index (χ2v) is 5.03. The molecule has 0 aliphatic heterocycles. The van der Waals surface area contributed by atoms with E-state index in [1.807, 2.05) is 0 Å². The molecule has 2 N–H and O–H groups in total. The highest BCUT2D eigenvalue weighted by Crippen LogP contribution is 2.17. The van der Waals surface area contributed by atoms with Gasteiger partial charge in [-0.3, -0.25) is 4.79 Å². The number of nitrogens with zero attached hydrogens (tertiary/aromatic N) is 1. The highest BCUT2D eigenvalue weighted by atomic mass is 19.1. The Bertz CT molecular complexity index is 849. The topological polar surface area (TPSA) is 54.0 Å². The number of hydrogen-bond acceptors (Lipinski definition) is 3. The number of hydrogen-bond donors (Lipinski definition) is 2. The Kier molecular flexibility index (Phi) is 4.47. The minimum absolute atomic E-state index is 0.344. The molecule has 0 aliphatic rings. The second-order valence-electron chi connectivity index (χ2n) is 5.03. The maximum Gasteiger partial charge on any atom is 0.255 e. The van der Waals surface area contributed by atoms with Crippen molar-refractivity contribution in [1.29, 1.82) is 0 Å². The van der Waals surface area contributed by atoms with E-state index in [-0.39, 0.29) is 11.7 Å². The molecule has 1 heterocycles. The second kappa shape index (κ2) is 6.87. The largest absolute Gasteiger partial charge is 0.340 e. The van der Waals surface area contributed by atoms with Gasteiger partial charge in [-0.15, -0.1) is 0 Å². The van der Waals surface area contributed by atoms with Crippen LogP contribution in [0.3, 0.4) is 0 Å². The van der Waals surface area contributed by atoms with Crippen molar-refractivity contribution < 1.29 is 13.6 Å². The standard InChI is InChI=1S/C18H13F2N3O/c19-13-6-4-12(5-7-13)18(24)23-16-8-9-17(21-11-16)22-15-3-1-2-14(20)10-15/h1-11H,(H,21,22)(H,23,24). The summed E-state index contributed by atoms with van der Waals surface area (Å²) in [7, 11) is 0. The Morgan fingerprint density at radius 1 is 0.875 bits per heavy atom. The molecule has 0 radical (unpaired) electrons. The predicted octanol–water partition coefficient (Wildman–Crippen LogP) is 4.36. The molecule has 0 saturated heterocycles. The third-order valence-corrected chi connectivity index (χ3v) is 3.22. The van der Waals surface area contributed by atoms with E-state index in [2.05, 4.69) is 15.6 Å². The van der Waals surface area contributed by atoms with Gasteiger partial charge in [0, 0.05) is 11.3 Å². The van der Waals surface area contributed by atoms with Crippen LogP contribution >= 0.6 is 0 Å². The smallest absolute Gasteiger partial charge is 0.255 e. The number of rotatable bonds is 4. The monoisotopic (exact) mass is 325 g/mol. The Hall–Kier alpha value is -3.28. The SMILES string of the molecule is O=C(Nc1ccc(Nc2cccc(F)c2)nc1)c1ccc(F)cc1. The molecule has 1 amide bonds. The molecule has 3 aromatic rings. The molecule has 2 aromatic carbocycles. The molecule has 3 rings (SSSR count). The molecule has 1 aromatic heterocycles. The van der Waals surface area contributed by atoms with Gasteiger partial charge in [-0.05, 0) is 54.6 Å². The van der Waals surface area contributed by atoms with Crippen molar-refractivity contribution in [3.8, 4) is 0 Å². The van der Waals surface area contributed by atoms with Gasteiger partial charge in [0.2, 0.25) is 0 Å². The molecule has 6 heteroatoms. The van der Waals surface area contributed by atoms with E-state index >= 15 is 0 Å². The van der Waals surface area contributed by atoms with E-state index in [1.54, 1.807) is 24.3 Å². The van der Waals surface area contributed by atoms with E-state index in [0.717, 1.165) is 0 Å². The van der Waals surface area contributed by atoms with E-state index in [9.17, 15) is 13.6 Å². The molecule has 0 atom stereocenters. The Morgan fingerprint density at radius 3 is 2.33 bits per heavy atom. The zero-order valence-electron chi connectivity index (χ0n) is 12.5. The number of halogens is 2. The lowest BCUT2D eigenvalue weighted by atomic mass is 10.2. The van der Waals surface area contributed by atoms with Crippen LogP contribution in [0.1, 0.15) is 10.4 Å². The summed E-state index contributed by atoms with van der Waals surface area (Å²) >= 11 is 0. The molecule has 120 valence electrons. The Labute approximate surface area is 137 Å². The first kappa shape index (κ1) is 15.6. The molecule has 0 aliphatic carbocycles. The van der Waals surface area contributed by atoms with Gasteiger partial charge >= 0.3 is 0 Å². The Balaban J connectivity index is 1.66. The van der Waals surface area contributed by atoms with Gasteiger partial charge in [0.05, 0.1) is 11.9 Å². The van der Waals surface area contributed by atoms with Crippen LogP contribution in [0, 0.1) is 11.6 Å². The molecular formula is C18H13F2N3O. The van der Waals surface area contributed by atoms with Crippen LogP contribution < -0.4 is 10.6 Å². The van der Waals surface area contributed by atoms with Crippen molar-refractivity contribution >= 4 is 23.1 Å². The lowest BCUT2D eigenvalue weighted by Crippen LogP contribution is -2.12. The number of carbonyl (C=O) groups excluding carboxylic acids is 1. The van der Waals surface area contributed by atoms with Gasteiger partial charge in [0.15, 0.2) is 0 Å². The van der Waals surface area contributed by atoms with Crippen LogP contribution in [0.15, 0.2) is 66.9 Å². The van der Waals surface area contributed by atoms with Crippen molar-refractivity contribution in [2.24, 2.45) is 0 Å². The van der Waals surface area contributed by atoms with Crippen LogP contribution in [0.4, 0.5) is 26.0 Å². The first-order valence-electron chi connectivity index (χ1n) is 7.16. The summed E-state index contributed by atoms with van der Waals surface area (Å²) in [5.41, 5.74) is 1.41. The predicted molar refractivity (Wildman–Crippen MR) is 88.3 cm³/mol. The highest BCUT2D eigenvalue weighted by molar-refractivity contribution is 6.04. The van der Waals surface area contributed by atoms with Gasteiger partial charge in [0.25, 0.3) is 5.91 Å². The zero-order valence-corrected chi connectivity index (χ0v) is 12.5. The summed E-state index contributed by atoms with van der Waals surface area (Å²) < 4.78 is 26.0. The number of aromatic nitrogens is 1. The molecule has 0 bridgehead atoms. The summed E-state index contributed by atoms with van der Waals surface area (Å²) in [5.74, 6) is -0.591. The van der Waals surface area contributed by atoms with Crippen molar-refractivity contribution in [2.75, 3.05) is 10.6 Å². The van der Waals surface area contributed by atoms with Crippen LogP contribution in [0.25, 0.3) is 0 Å². The maximum absolute atomic E-state index is 13.1. The third kappa shape index (κ3) is 3.92. The lowest BCUT2D eigenvalue weighted by Gasteiger charge is -2.08. The fraction of sp³-hybridized carbons (Fsp3) is 0. The summed E-state index contributed by atoms with van der Waals surface area (Å²) in [6, 6.07) is 14.6. The van der Waals surface area contributed by atoms with E-state index in [0.29, 0.717) is 22.8 Å². The normalized spacial score (nSPS) is 10.2. The number of benzene rings is 2. The number of nitrogens with one attached hydrogen (secondary N) is 2. The number of carbonyl (C=O) groups is 1. The van der Waals surface area contributed by atoms with Crippen LogP contribution in [-0.4, -0.2) is 10.9 Å². The average molecular weight is 325 g/mol. The molecule has 4 nitrogen and oxygen atoms in total. The third-order valence-electron chi connectivity index (χ3n) is 3.22. The molecule has 0 saturated carbocycles. The summed E-state index contributed by atoms with van der Waals surface area (Å²) in [5, 5.41) is 5.62. The van der Waals surface area contributed by atoms with Gasteiger partial charge in [-0.25, -0.2) is 13.8 Å². The number of pyridine rings is 1. The van der Waals surface area contributed by atoms with Gasteiger partial charge < -0.3 is 10.6 Å². The van der Waals surface area contributed by atoms with Gasteiger partial charge in [-0.1, -0.05) is 6.07 Å². The Morgan fingerprint density at radius 2 is 1.67 bits per heavy atom. The van der Waals surface area contributed by atoms with E-state index < -0.39 is 5.82 Å². The van der Waals surface area contributed by atoms with E-state index in [1.165, 1.54) is 42.6 Å². The van der Waals surface area contributed by atoms with Crippen molar-refractivity contribution in [1.82, 2.24) is 4.98 Å². The van der Waals surface area contributed by atoms with E-state index in [4.69, 9.17) is 0 Å². The molecule has 0 unspecified atom stereocenters. The maximum atomic E-state index is 13.1.